The molecule has 4 nitrogen and oxygen atoms in total. The lowest BCUT2D eigenvalue weighted by Gasteiger charge is -2.38. The molecule has 4 heteroatoms. The smallest absolute Gasteiger partial charge is 0.338 e. The van der Waals surface area contributed by atoms with Crippen molar-refractivity contribution in [3.63, 3.8) is 0 Å². The van der Waals surface area contributed by atoms with Crippen molar-refractivity contribution in [1.82, 2.24) is 0 Å². The van der Waals surface area contributed by atoms with Gasteiger partial charge in [-0.1, -0.05) is 66.6 Å². The van der Waals surface area contributed by atoms with Crippen LogP contribution in [0, 0.1) is 29.6 Å². The van der Waals surface area contributed by atoms with Gasteiger partial charge < -0.3 is 9.47 Å². The summed E-state index contributed by atoms with van der Waals surface area (Å²) in [5.74, 6) is 6.54. The van der Waals surface area contributed by atoms with E-state index in [1.165, 1.54) is 11.1 Å². The molecule has 3 aromatic carbocycles. The van der Waals surface area contributed by atoms with E-state index < -0.39 is 12.2 Å². The van der Waals surface area contributed by atoms with Gasteiger partial charge in [0.15, 0.2) is 0 Å². The number of carbonyl (C=O) groups excluding carboxylic acids is 2. The molecule has 0 amide bonds. The fourth-order valence-corrected chi connectivity index (χ4v) is 6.72. The standard InChI is InChI=1S/C31H26O4/c1-2-11-22-21-16-9-10-17-23(21)27-25-18-24(26(22)27)28(34-30(32)19-12-5-3-6-13-19)29(25)35-31(33)20-14-7-4-8-15-20/h3-10,12-17,22,24-29H,18H2,1H3. The lowest BCUT2D eigenvalue weighted by molar-refractivity contribution is -0.0708. The maximum Gasteiger partial charge on any atom is 0.338 e. The Labute approximate surface area is 205 Å². The van der Waals surface area contributed by atoms with Gasteiger partial charge in [-0.2, -0.15) is 0 Å². The van der Waals surface area contributed by atoms with Gasteiger partial charge in [-0.15, -0.1) is 5.92 Å². The predicted octanol–water partition coefficient (Wildman–Crippen LogP) is 5.61. The zero-order valence-electron chi connectivity index (χ0n) is 19.5. The zero-order chi connectivity index (χ0) is 23.9. The number of ether oxygens (including phenoxy) is 2. The van der Waals surface area contributed by atoms with E-state index in [2.05, 4.69) is 36.1 Å². The van der Waals surface area contributed by atoms with E-state index in [-0.39, 0.29) is 41.5 Å². The number of esters is 2. The van der Waals surface area contributed by atoms with Crippen molar-refractivity contribution in [1.29, 1.82) is 0 Å². The van der Waals surface area contributed by atoms with Crippen molar-refractivity contribution < 1.29 is 19.1 Å². The van der Waals surface area contributed by atoms with Crippen LogP contribution in [0.15, 0.2) is 84.9 Å². The van der Waals surface area contributed by atoms with Crippen LogP contribution in [0.25, 0.3) is 0 Å². The molecule has 0 heterocycles. The minimum Gasteiger partial charge on any atom is -0.455 e. The zero-order valence-corrected chi connectivity index (χ0v) is 19.5. The first kappa shape index (κ1) is 21.7. The van der Waals surface area contributed by atoms with Gasteiger partial charge in [-0.25, -0.2) is 9.59 Å². The number of rotatable bonds is 4. The third-order valence-electron chi connectivity index (χ3n) is 7.96. The lowest BCUT2D eigenvalue weighted by atomic mass is 9.73. The molecule has 7 unspecified atom stereocenters. The molecule has 0 aliphatic heterocycles. The number of benzene rings is 3. The SMILES string of the molecule is CC#CC1c2ccccc2C2C3CC(C(OC(=O)c4ccccc4)C3OC(=O)c3ccccc3)C12. The van der Waals surface area contributed by atoms with Gasteiger partial charge in [0.2, 0.25) is 0 Å². The first-order valence-corrected chi connectivity index (χ1v) is 12.2. The Bertz CT molecular complexity index is 1320. The van der Waals surface area contributed by atoms with Crippen LogP contribution in [0.4, 0.5) is 0 Å². The predicted molar refractivity (Wildman–Crippen MR) is 132 cm³/mol. The van der Waals surface area contributed by atoms with Gasteiger partial charge in [-0.3, -0.25) is 0 Å². The second-order valence-corrected chi connectivity index (χ2v) is 9.64. The molecular weight excluding hydrogens is 436 g/mol. The molecule has 0 N–H and O–H groups in total. The van der Waals surface area contributed by atoms with Crippen molar-refractivity contribution in [2.75, 3.05) is 0 Å². The largest absolute Gasteiger partial charge is 0.455 e. The fourth-order valence-electron chi connectivity index (χ4n) is 6.72. The summed E-state index contributed by atoms with van der Waals surface area (Å²) in [7, 11) is 0. The molecular formula is C31H26O4. The van der Waals surface area contributed by atoms with Gasteiger partial charge >= 0.3 is 11.9 Å². The van der Waals surface area contributed by atoms with Gasteiger partial charge in [0.25, 0.3) is 0 Å². The summed E-state index contributed by atoms with van der Waals surface area (Å²) in [6, 6.07) is 26.5. The molecule has 3 aliphatic carbocycles. The van der Waals surface area contributed by atoms with Gasteiger partial charge in [0.1, 0.15) is 12.2 Å². The molecule has 0 spiro atoms. The Kier molecular flexibility index (Phi) is 5.41. The molecule has 3 aliphatic rings. The number of carbonyl (C=O) groups is 2. The van der Waals surface area contributed by atoms with Crippen LogP contribution in [-0.2, 0) is 9.47 Å². The molecule has 7 atom stereocenters. The van der Waals surface area contributed by atoms with E-state index in [9.17, 15) is 9.59 Å². The highest BCUT2D eigenvalue weighted by Crippen LogP contribution is 2.66. The molecule has 35 heavy (non-hydrogen) atoms. The molecule has 2 saturated carbocycles. The van der Waals surface area contributed by atoms with Crippen molar-refractivity contribution in [2.45, 2.75) is 37.4 Å². The number of hydrogen-bond donors (Lipinski definition) is 0. The summed E-state index contributed by atoms with van der Waals surface area (Å²) in [4.78, 5) is 26.2. The van der Waals surface area contributed by atoms with Crippen molar-refractivity contribution in [3.8, 4) is 11.8 Å². The topological polar surface area (TPSA) is 52.6 Å². The van der Waals surface area contributed by atoms with Gasteiger partial charge in [0, 0.05) is 17.8 Å². The highest BCUT2D eigenvalue weighted by Gasteiger charge is 2.65. The Morgan fingerprint density at radius 1 is 0.714 bits per heavy atom. The second-order valence-electron chi connectivity index (χ2n) is 9.64. The summed E-state index contributed by atoms with van der Waals surface area (Å²) in [5.41, 5.74) is 3.56. The van der Waals surface area contributed by atoms with E-state index in [1.54, 1.807) is 24.3 Å². The van der Waals surface area contributed by atoms with Crippen LogP contribution in [-0.4, -0.2) is 24.1 Å². The summed E-state index contributed by atoms with van der Waals surface area (Å²) < 4.78 is 12.3. The molecule has 2 bridgehead atoms. The lowest BCUT2D eigenvalue weighted by Crippen LogP contribution is -2.45. The monoisotopic (exact) mass is 462 g/mol. The average Bonchev–Trinajstić information content (AvgIpc) is 3.55. The average molecular weight is 463 g/mol. The molecule has 6 rings (SSSR count). The van der Waals surface area contributed by atoms with Crippen LogP contribution in [0.5, 0.6) is 0 Å². The Morgan fingerprint density at radius 3 is 1.80 bits per heavy atom. The first-order chi connectivity index (χ1) is 17.2. The van der Waals surface area contributed by atoms with Crippen molar-refractivity contribution >= 4 is 11.9 Å². The summed E-state index contributed by atoms with van der Waals surface area (Å²) in [6.45, 7) is 1.88. The van der Waals surface area contributed by atoms with E-state index >= 15 is 0 Å². The van der Waals surface area contributed by atoms with Gasteiger partial charge in [0.05, 0.1) is 11.1 Å². The van der Waals surface area contributed by atoms with Crippen LogP contribution in [0.2, 0.25) is 0 Å². The molecule has 0 saturated heterocycles. The molecule has 3 aromatic rings. The quantitative estimate of drug-likeness (QED) is 0.374. The Morgan fingerprint density at radius 2 is 1.23 bits per heavy atom. The highest BCUT2D eigenvalue weighted by atomic mass is 16.6. The summed E-state index contributed by atoms with van der Waals surface area (Å²) in [6.07, 6.45) is -0.148. The highest BCUT2D eigenvalue weighted by molar-refractivity contribution is 5.90. The van der Waals surface area contributed by atoms with Gasteiger partial charge in [-0.05, 0) is 60.6 Å². The number of hydrogen-bond acceptors (Lipinski definition) is 4. The Balaban J connectivity index is 1.37. The van der Waals surface area contributed by atoms with Crippen LogP contribution in [0.3, 0.4) is 0 Å². The second kappa shape index (κ2) is 8.74. The summed E-state index contributed by atoms with van der Waals surface area (Å²) in [5, 5.41) is 0. The normalized spacial score (nSPS) is 29.5. The number of fused-ring (bicyclic) bond motifs is 7. The van der Waals surface area contributed by atoms with E-state index in [0.717, 1.165) is 6.42 Å². The summed E-state index contributed by atoms with van der Waals surface area (Å²) >= 11 is 0. The minimum atomic E-state index is -0.503. The van der Waals surface area contributed by atoms with E-state index in [0.29, 0.717) is 11.1 Å². The molecule has 0 radical (unpaired) electrons. The fraction of sp³-hybridized carbons (Fsp3) is 0.290. The Hall–Kier alpha value is -3.84. The van der Waals surface area contributed by atoms with Crippen molar-refractivity contribution in [2.24, 2.45) is 17.8 Å². The maximum absolute atomic E-state index is 13.1. The molecule has 174 valence electrons. The maximum atomic E-state index is 13.1. The van der Waals surface area contributed by atoms with Crippen LogP contribution < -0.4 is 0 Å². The van der Waals surface area contributed by atoms with Crippen LogP contribution in [0.1, 0.15) is 57.0 Å². The van der Waals surface area contributed by atoms with E-state index in [1.807, 2.05) is 43.3 Å². The minimum absolute atomic E-state index is 0.0736. The third-order valence-corrected chi connectivity index (χ3v) is 7.96. The first-order valence-electron chi connectivity index (χ1n) is 12.2. The molecule has 0 aromatic heterocycles. The van der Waals surface area contributed by atoms with Crippen molar-refractivity contribution in [3.05, 3.63) is 107 Å². The van der Waals surface area contributed by atoms with E-state index in [4.69, 9.17) is 9.47 Å². The third kappa shape index (κ3) is 3.54. The molecule has 2 fully saturated rings. The van der Waals surface area contributed by atoms with Crippen LogP contribution >= 0.6 is 0 Å².